The van der Waals surface area contributed by atoms with Gasteiger partial charge in [0.2, 0.25) is 0 Å². The number of benzene rings is 1. The van der Waals surface area contributed by atoms with Crippen molar-refractivity contribution in [3.63, 3.8) is 0 Å². The summed E-state index contributed by atoms with van der Waals surface area (Å²) in [4.78, 5) is 10.4. The average molecular weight is 251 g/mol. The zero-order chi connectivity index (χ0) is 10.2. The first-order valence-corrected chi connectivity index (χ1v) is 3.87. The van der Waals surface area contributed by atoms with Crippen LogP contribution in [0.15, 0.2) is 10.5 Å². The van der Waals surface area contributed by atoms with Crippen LogP contribution in [-0.4, -0.2) is 21.3 Å². The number of carboxylic acids is 1. The molecule has 3 N–H and O–H groups in total. The quantitative estimate of drug-likeness (QED) is 0.664. The Labute approximate surface area is 80.4 Å². The van der Waals surface area contributed by atoms with E-state index in [1.165, 1.54) is 0 Å². The summed E-state index contributed by atoms with van der Waals surface area (Å²) in [5.41, 5.74) is -0.952. The molecule has 0 aliphatic rings. The van der Waals surface area contributed by atoms with Gasteiger partial charge in [0, 0.05) is 6.07 Å². The van der Waals surface area contributed by atoms with Gasteiger partial charge in [0.05, 0.1) is 4.47 Å². The lowest BCUT2D eigenvalue weighted by Crippen LogP contribution is -2.01. The van der Waals surface area contributed by atoms with Gasteiger partial charge in [-0.1, -0.05) is 0 Å². The number of phenolic OH excluding ortho intramolecular Hbond substituents is 1. The molecule has 0 saturated carbocycles. The van der Waals surface area contributed by atoms with Crippen LogP contribution in [0.2, 0.25) is 0 Å². The van der Waals surface area contributed by atoms with Crippen LogP contribution in [0.1, 0.15) is 10.4 Å². The van der Waals surface area contributed by atoms with Crippen molar-refractivity contribution in [3.05, 3.63) is 21.9 Å². The zero-order valence-electron chi connectivity index (χ0n) is 6.08. The number of aromatic hydroxyl groups is 2. The van der Waals surface area contributed by atoms with Gasteiger partial charge in [0.15, 0.2) is 17.3 Å². The average Bonchev–Trinajstić information content (AvgIpc) is 2.01. The standard InChI is InChI=1S/C7H4BrFO4/c8-2-1-3(10)6(11)4(5(2)9)7(12)13/h1,10-11H,(H,12,13). The van der Waals surface area contributed by atoms with Crippen molar-refractivity contribution in [2.45, 2.75) is 0 Å². The lowest BCUT2D eigenvalue weighted by atomic mass is 10.2. The van der Waals surface area contributed by atoms with Gasteiger partial charge >= 0.3 is 5.97 Å². The van der Waals surface area contributed by atoms with Crippen LogP contribution in [0.25, 0.3) is 0 Å². The van der Waals surface area contributed by atoms with Crippen molar-refractivity contribution in [3.8, 4) is 11.5 Å². The number of hydrogen-bond donors (Lipinski definition) is 3. The van der Waals surface area contributed by atoms with E-state index in [9.17, 15) is 9.18 Å². The Hall–Kier alpha value is -1.30. The summed E-state index contributed by atoms with van der Waals surface area (Å²) in [5, 5.41) is 26.4. The maximum atomic E-state index is 13.0. The molecule has 0 bridgehead atoms. The van der Waals surface area contributed by atoms with Crippen LogP contribution in [-0.2, 0) is 0 Å². The Morgan fingerprint density at radius 3 is 2.46 bits per heavy atom. The highest BCUT2D eigenvalue weighted by Crippen LogP contribution is 2.35. The normalized spacial score (nSPS) is 10.0. The molecule has 13 heavy (non-hydrogen) atoms. The predicted molar refractivity (Wildman–Crippen MR) is 44.4 cm³/mol. The van der Waals surface area contributed by atoms with Gasteiger partial charge in [0.1, 0.15) is 5.56 Å². The van der Waals surface area contributed by atoms with Gasteiger partial charge in [0.25, 0.3) is 0 Å². The Morgan fingerprint density at radius 2 is 2.00 bits per heavy atom. The molecule has 0 unspecified atom stereocenters. The number of hydrogen-bond acceptors (Lipinski definition) is 3. The van der Waals surface area contributed by atoms with Crippen molar-refractivity contribution in [2.75, 3.05) is 0 Å². The molecule has 4 nitrogen and oxygen atoms in total. The molecule has 0 aliphatic carbocycles. The molecule has 70 valence electrons. The third-order valence-electron chi connectivity index (χ3n) is 1.39. The molecule has 1 aromatic rings. The third kappa shape index (κ3) is 1.57. The van der Waals surface area contributed by atoms with Crippen LogP contribution in [0.3, 0.4) is 0 Å². The van der Waals surface area contributed by atoms with Crippen LogP contribution in [0.5, 0.6) is 11.5 Å². The number of aromatic carboxylic acids is 1. The van der Waals surface area contributed by atoms with E-state index < -0.39 is 28.8 Å². The molecular formula is C7H4BrFO4. The SMILES string of the molecule is O=C(O)c1c(O)c(O)cc(Br)c1F. The smallest absolute Gasteiger partial charge is 0.342 e. The second-order valence-electron chi connectivity index (χ2n) is 2.22. The van der Waals surface area contributed by atoms with Gasteiger partial charge in [-0.2, -0.15) is 0 Å². The fraction of sp³-hybridized carbons (Fsp3) is 0. The summed E-state index contributed by atoms with van der Waals surface area (Å²) < 4.78 is 12.8. The summed E-state index contributed by atoms with van der Waals surface area (Å²) in [6, 6.07) is 0.872. The monoisotopic (exact) mass is 250 g/mol. The molecule has 0 saturated heterocycles. The molecule has 1 aromatic carbocycles. The molecule has 0 atom stereocenters. The number of rotatable bonds is 1. The van der Waals surface area contributed by atoms with Crippen LogP contribution in [0, 0.1) is 5.82 Å². The third-order valence-corrected chi connectivity index (χ3v) is 1.96. The predicted octanol–water partition coefficient (Wildman–Crippen LogP) is 1.70. The van der Waals surface area contributed by atoms with E-state index >= 15 is 0 Å². The molecule has 0 aliphatic heterocycles. The van der Waals surface area contributed by atoms with E-state index in [0.29, 0.717) is 0 Å². The molecular weight excluding hydrogens is 247 g/mol. The van der Waals surface area contributed by atoms with Crippen molar-refractivity contribution in [2.24, 2.45) is 0 Å². The molecule has 0 amide bonds. The fourth-order valence-electron chi connectivity index (χ4n) is 0.798. The highest BCUT2D eigenvalue weighted by molar-refractivity contribution is 9.10. The van der Waals surface area contributed by atoms with Crippen LogP contribution < -0.4 is 0 Å². The maximum absolute atomic E-state index is 13.0. The molecule has 0 radical (unpaired) electrons. The zero-order valence-corrected chi connectivity index (χ0v) is 7.67. The molecule has 0 spiro atoms. The van der Waals surface area contributed by atoms with Crippen LogP contribution in [0.4, 0.5) is 4.39 Å². The lowest BCUT2D eigenvalue weighted by molar-refractivity contribution is 0.0687. The van der Waals surface area contributed by atoms with E-state index in [4.69, 9.17) is 15.3 Å². The van der Waals surface area contributed by atoms with Crippen molar-refractivity contribution in [1.29, 1.82) is 0 Å². The molecule has 0 heterocycles. The fourth-order valence-corrected chi connectivity index (χ4v) is 1.21. The highest BCUT2D eigenvalue weighted by Gasteiger charge is 2.21. The number of halogens is 2. The Bertz CT molecular complexity index is 351. The van der Waals surface area contributed by atoms with Crippen molar-refractivity contribution in [1.82, 2.24) is 0 Å². The largest absolute Gasteiger partial charge is 0.504 e. The Morgan fingerprint density at radius 1 is 1.46 bits per heavy atom. The van der Waals surface area contributed by atoms with Gasteiger partial charge in [-0.25, -0.2) is 9.18 Å². The maximum Gasteiger partial charge on any atom is 0.342 e. The van der Waals surface area contributed by atoms with Crippen molar-refractivity contribution < 1.29 is 24.5 Å². The minimum Gasteiger partial charge on any atom is -0.504 e. The summed E-state index contributed by atoms with van der Waals surface area (Å²) in [5.74, 6) is -4.44. The first-order chi connectivity index (χ1) is 5.95. The molecule has 0 aromatic heterocycles. The van der Waals surface area contributed by atoms with E-state index in [1.807, 2.05) is 0 Å². The number of phenols is 2. The highest BCUT2D eigenvalue weighted by atomic mass is 79.9. The number of carbonyl (C=O) groups is 1. The topological polar surface area (TPSA) is 77.8 Å². The van der Waals surface area contributed by atoms with Gasteiger partial charge in [-0.05, 0) is 15.9 Å². The van der Waals surface area contributed by atoms with Crippen LogP contribution >= 0.6 is 15.9 Å². The Kier molecular flexibility index (Phi) is 2.42. The minimum atomic E-state index is -1.65. The van der Waals surface area contributed by atoms with E-state index in [1.54, 1.807) is 0 Å². The summed E-state index contributed by atoms with van der Waals surface area (Å²) >= 11 is 2.69. The lowest BCUT2D eigenvalue weighted by Gasteiger charge is -2.04. The second-order valence-corrected chi connectivity index (χ2v) is 3.07. The second kappa shape index (κ2) is 3.21. The first kappa shape index (κ1) is 9.79. The van der Waals surface area contributed by atoms with Crippen molar-refractivity contribution >= 4 is 21.9 Å². The first-order valence-electron chi connectivity index (χ1n) is 3.08. The minimum absolute atomic E-state index is 0.222. The molecule has 1 rings (SSSR count). The summed E-state index contributed by atoms with van der Waals surface area (Å²) in [6.07, 6.45) is 0. The van der Waals surface area contributed by atoms with Gasteiger partial charge in [-0.3, -0.25) is 0 Å². The van der Waals surface area contributed by atoms with Gasteiger partial charge < -0.3 is 15.3 Å². The molecule has 6 heteroatoms. The molecule has 0 fully saturated rings. The summed E-state index contributed by atoms with van der Waals surface area (Å²) in [7, 11) is 0. The van der Waals surface area contributed by atoms with Gasteiger partial charge in [-0.15, -0.1) is 0 Å². The van der Waals surface area contributed by atoms with E-state index in [0.717, 1.165) is 6.07 Å². The number of carboxylic acid groups (broad SMARTS) is 1. The van der Waals surface area contributed by atoms with E-state index in [2.05, 4.69) is 15.9 Å². The summed E-state index contributed by atoms with van der Waals surface area (Å²) in [6.45, 7) is 0. The van der Waals surface area contributed by atoms with E-state index in [-0.39, 0.29) is 4.47 Å². The Balaban J connectivity index is 3.56.